The van der Waals surface area contributed by atoms with Gasteiger partial charge in [-0.05, 0) is 36.8 Å². The number of rotatable bonds is 4. The molecule has 2 heteroatoms. The number of para-hydroxylation sites is 1. The predicted molar refractivity (Wildman–Crippen MR) is 78.9 cm³/mol. The smallest absolute Gasteiger partial charge is 0.0438 e. The molecule has 1 saturated carbocycles. The van der Waals surface area contributed by atoms with Crippen LogP contribution in [0.4, 0.5) is 5.69 Å². The van der Waals surface area contributed by atoms with Crippen LogP contribution < -0.4 is 10.6 Å². The molecule has 1 aromatic carbocycles. The molecule has 0 unspecified atom stereocenters. The fourth-order valence-electron chi connectivity index (χ4n) is 3.28. The van der Waals surface area contributed by atoms with Gasteiger partial charge < -0.3 is 10.6 Å². The minimum Gasteiger partial charge on any atom is -0.374 e. The Hall–Kier alpha value is -1.02. The topological polar surface area (TPSA) is 29.3 Å². The predicted octanol–water partition coefficient (Wildman–Crippen LogP) is 3.47. The number of anilines is 1. The molecular weight excluding hydrogens is 220 g/mol. The van der Waals surface area contributed by atoms with Gasteiger partial charge in [0.2, 0.25) is 0 Å². The van der Waals surface area contributed by atoms with E-state index in [9.17, 15) is 0 Å². The highest BCUT2D eigenvalue weighted by Gasteiger charge is 2.17. The minimum absolute atomic E-state index is 0.631. The first-order valence-corrected chi connectivity index (χ1v) is 7.22. The van der Waals surface area contributed by atoms with Gasteiger partial charge in [-0.2, -0.15) is 0 Å². The van der Waals surface area contributed by atoms with Crippen molar-refractivity contribution in [2.24, 2.45) is 11.7 Å². The highest BCUT2D eigenvalue weighted by molar-refractivity contribution is 5.58. The van der Waals surface area contributed by atoms with Gasteiger partial charge in [0, 0.05) is 25.8 Å². The normalized spacial score (nSPS) is 16.8. The summed E-state index contributed by atoms with van der Waals surface area (Å²) < 4.78 is 0. The Balaban J connectivity index is 2.09. The van der Waals surface area contributed by atoms with E-state index >= 15 is 0 Å². The molecule has 0 radical (unpaired) electrons. The average molecular weight is 246 g/mol. The molecule has 1 fully saturated rings. The molecule has 0 heterocycles. The van der Waals surface area contributed by atoms with Crippen molar-refractivity contribution in [3.63, 3.8) is 0 Å². The van der Waals surface area contributed by atoms with Gasteiger partial charge in [0.1, 0.15) is 0 Å². The number of nitrogens with zero attached hydrogens (tertiary/aromatic N) is 1. The van der Waals surface area contributed by atoms with Gasteiger partial charge >= 0.3 is 0 Å². The lowest BCUT2D eigenvalue weighted by Crippen LogP contribution is -2.28. The van der Waals surface area contributed by atoms with Gasteiger partial charge in [0.05, 0.1) is 0 Å². The molecule has 0 spiro atoms. The van der Waals surface area contributed by atoms with E-state index in [-0.39, 0.29) is 0 Å². The van der Waals surface area contributed by atoms with Crippen LogP contribution in [0.1, 0.15) is 43.2 Å². The van der Waals surface area contributed by atoms with E-state index in [1.54, 1.807) is 0 Å². The Bertz CT molecular complexity index is 381. The summed E-state index contributed by atoms with van der Waals surface area (Å²) in [7, 11) is 2.22. The lowest BCUT2D eigenvalue weighted by atomic mass is 9.88. The lowest BCUT2D eigenvalue weighted by Gasteiger charge is -2.30. The average Bonchev–Trinajstić information content (AvgIpc) is 2.39. The molecule has 2 nitrogen and oxygen atoms in total. The van der Waals surface area contributed by atoms with Crippen LogP contribution in [0.25, 0.3) is 0 Å². The molecule has 0 aromatic heterocycles. The van der Waals surface area contributed by atoms with Crippen LogP contribution in [0.5, 0.6) is 0 Å². The maximum absolute atomic E-state index is 5.86. The number of hydrogen-bond donors (Lipinski definition) is 1. The van der Waals surface area contributed by atoms with Crippen LogP contribution in [0.2, 0.25) is 0 Å². The molecule has 2 rings (SSSR count). The third-order valence-corrected chi connectivity index (χ3v) is 4.18. The van der Waals surface area contributed by atoms with Crippen LogP contribution in [-0.4, -0.2) is 13.6 Å². The molecule has 1 aliphatic rings. The number of aryl methyl sites for hydroxylation is 1. The van der Waals surface area contributed by atoms with E-state index < -0.39 is 0 Å². The summed E-state index contributed by atoms with van der Waals surface area (Å²) in [5.74, 6) is 0.869. The maximum Gasteiger partial charge on any atom is 0.0438 e. The van der Waals surface area contributed by atoms with Gasteiger partial charge in [0.15, 0.2) is 0 Å². The molecule has 2 N–H and O–H groups in total. The second-order valence-corrected chi connectivity index (χ2v) is 5.67. The van der Waals surface area contributed by atoms with Gasteiger partial charge in [-0.25, -0.2) is 0 Å². The van der Waals surface area contributed by atoms with E-state index in [1.165, 1.54) is 55.5 Å². The minimum atomic E-state index is 0.631. The molecule has 0 amide bonds. The second kappa shape index (κ2) is 6.24. The Morgan fingerprint density at radius 3 is 2.61 bits per heavy atom. The Labute approximate surface area is 111 Å². The first-order chi connectivity index (χ1) is 8.72. The Kier molecular flexibility index (Phi) is 4.65. The second-order valence-electron chi connectivity index (χ2n) is 5.67. The fourth-order valence-corrected chi connectivity index (χ4v) is 3.28. The van der Waals surface area contributed by atoms with Crippen molar-refractivity contribution in [1.29, 1.82) is 0 Å². The van der Waals surface area contributed by atoms with Gasteiger partial charge in [0.25, 0.3) is 0 Å². The van der Waals surface area contributed by atoms with Crippen molar-refractivity contribution in [2.45, 2.75) is 45.6 Å². The standard InChI is InChI=1S/C16H26N2/c1-13-7-6-10-15(11-17)16(13)18(2)12-14-8-4-3-5-9-14/h6-7,10,14H,3-5,8-9,11-12,17H2,1-2H3. The van der Waals surface area contributed by atoms with E-state index in [4.69, 9.17) is 5.73 Å². The van der Waals surface area contributed by atoms with Crippen LogP contribution in [0, 0.1) is 12.8 Å². The molecule has 1 aromatic rings. The van der Waals surface area contributed by atoms with Crippen molar-refractivity contribution in [1.82, 2.24) is 0 Å². The molecule has 1 aliphatic carbocycles. The molecule has 0 bridgehead atoms. The third-order valence-electron chi connectivity index (χ3n) is 4.18. The van der Waals surface area contributed by atoms with Crippen molar-refractivity contribution >= 4 is 5.69 Å². The summed E-state index contributed by atoms with van der Waals surface area (Å²) >= 11 is 0. The van der Waals surface area contributed by atoms with Crippen molar-refractivity contribution < 1.29 is 0 Å². The SMILES string of the molecule is Cc1cccc(CN)c1N(C)CC1CCCCC1. The summed E-state index contributed by atoms with van der Waals surface area (Å²) in [6.45, 7) is 4.00. The van der Waals surface area contributed by atoms with Crippen molar-refractivity contribution in [2.75, 3.05) is 18.5 Å². The van der Waals surface area contributed by atoms with Gasteiger partial charge in [-0.3, -0.25) is 0 Å². The Morgan fingerprint density at radius 1 is 1.22 bits per heavy atom. The molecule has 0 aliphatic heterocycles. The van der Waals surface area contributed by atoms with Crippen LogP contribution in [0.15, 0.2) is 18.2 Å². The third kappa shape index (κ3) is 3.05. The molecule has 18 heavy (non-hydrogen) atoms. The van der Waals surface area contributed by atoms with E-state index in [0.29, 0.717) is 6.54 Å². The quantitative estimate of drug-likeness (QED) is 0.881. The molecule has 0 saturated heterocycles. The number of hydrogen-bond acceptors (Lipinski definition) is 2. The van der Waals surface area contributed by atoms with E-state index in [0.717, 1.165) is 5.92 Å². The highest BCUT2D eigenvalue weighted by Crippen LogP contribution is 2.29. The first kappa shape index (κ1) is 13.4. The monoisotopic (exact) mass is 246 g/mol. The fraction of sp³-hybridized carbons (Fsp3) is 0.625. The number of nitrogens with two attached hydrogens (primary N) is 1. The lowest BCUT2D eigenvalue weighted by molar-refractivity contribution is 0.362. The zero-order valence-electron chi connectivity index (χ0n) is 11.8. The molecular formula is C16H26N2. The summed E-state index contributed by atoms with van der Waals surface area (Å²) in [5, 5.41) is 0. The van der Waals surface area contributed by atoms with Crippen molar-refractivity contribution in [3.05, 3.63) is 29.3 Å². The van der Waals surface area contributed by atoms with Crippen LogP contribution in [0.3, 0.4) is 0 Å². The largest absolute Gasteiger partial charge is 0.374 e. The summed E-state index contributed by atoms with van der Waals surface area (Å²) in [6.07, 6.45) is 7.05. The van der Waals surface area contributed by atoms with Gasteiger partial charge in [-0.1, -0.05) is 37.5 Å². The molecule has 0 atom stereocenters. The zero-order chi connectivity index (χ0) is 13.0. The summed E-state index contributed by atoms with van der Waals surface area (Å²) in [5.41, 5.74) is 9.83. The zero-order valence-corrected chi connectivity index (χ0v) is 11.8. The first-order valence-electron chi connectivity index (χ1n) is 7.22. The van der Waals surface area contributed by atoms with Crippen LogP contribution >= 0.6 is 0 Å². The molecule has 100 valence electrons. The summed E-state index contributed by atoms with van der Waals surface area (Å²) in [4.78, 5) is 2.42. The Morgan fingerprint density at radius 2 is 1.94 bits per heavy atom. The maximum atomic E-state index is 5.86. The summed E-state index contributed by atoms with van der Waals surface area (Å²) in [6, 6.07) is 6.45. The highest BCUT2D eigenvalue weighted by atomic mass is 15.1. The van der Waals surface area contributed by atoms with Crippen LogP contribution in [-0.2, 0) is 6.54 Å². The van der Waals surface area contributed by atoms with Crippen molar-refractivity contribution in [3.8, 4) is 0 Å². The number of benzene rings is 1. The van der Waals surface area contributed by atoms with Gasteiger partial charge in [-0.15, -0.1) is 0 Å². The van der Waals surface area contributed by atoms with E-state index in [2.05, 4.69) is 37.1 Å². The van der Waals surface area contributed by atoms with E-state index in [1.807, 2.05) is 0 Å².